The molecule has 1 amide bonds. The first kappa shape index (κ1) is 18.1. The Labute approximate surface area is 163 Å². The number of carbonyl (C=O) groups is 1. The summed E-state index contributed by atoms with van der Waals surface area (Å²) >= 11 is 0. The van der Waals surface area contributed by atoms with Gasteiger partial charge < -0.3 is 9.80 Å². The van der Waals surface area contributed by atoms with Gasteiger partial charge in [0.2, 0.25) is 5.91 Å². The SMILES string of the molecule is CCC(C(=O)N1CCN(c2ccc(-n3cncn3)nn2)CC1)c1ccccc1. The lowest BCUT2D eigenvalue weighted by Crippen LogP contribution is -2.50. The van der Waals surface area contributed by atoms with Crippen molar-refractivity contribution in [3.05, 3.63) is 60.7 Å². The molecule has 3 aromatic rings. The molecule has 0 spiro atoms. The van der Waals surface area contributed by atoms with E-state index in [1.807, 2.05) is 47.4 Å². The van der Waals surface area contributed by atoms with Crippen LogP contribution in [0.5, 0.6) is 0 Å². The van der Waals surface area contributed by atoms with Gasteiger partial charge in [0.25, 0.3) is 0 Å². The van der Waals surface area contributed by atoms with Crippen molar-refractivity contribution in [1.29, 1.82) is 0 Å². The number of nitrogens with zero attached hydrogens (tertiary/aromatic N) is 7. The average molecular weight is 377 g/mol. The third kappa shape index (κ3) is 3.71. The van der Waals surface area contributed by atoms with Crippen LogP contribution in [0.25, 0.3) is 5.82 Å². The largest absolute Gasteiger partial charge is 0.352 e. The van der Waals surface area contributed by atoms with Gasteiger partial charge in [-0.1, -0.05) is 37.3 Å². The van der Waals surface area contributed by atoms with E-state index in [1.165, 1.54) is 6.33 Å². The van der Waals surface area contributed by atoms with E-state index >= 15 is 0 Å². The number of carbonyl (C=O) groups excluding carboxylic acids is 1. The molecule has 8 heteroatoms. The summed E-state index contributed by atoms with van der Waals surface area (Å²) in [5.74, 6) is 1.57. The van der Waals surface area contributed by atoms with Gasteiger partial charge in [0, 0.05) is 26.2 Å². The highest BCUT2D eigenvalue weighted by atomic mass is 16.2. The van der Waals surface area contributed by atoms with Gasteiger partial charge in [-0.15, -0.1) is 10.2 Å². The second-order valence-electron chi connectivity index (χ2n) is 6.77. The molecule has 3 heterocycles. The highest BCUT2D eigenvalue weighted by Gasteiger charge is 2.27. The molecule has 4 rings (SSSR count). The van der Waals surface area contributed by atoms with Crippen LogP contribution in [0.4, 0.5) is 5.82 Å². The lowest BCUT2D eigenvalue weighted by molar-refractivity contribution is -0.133. The van der Waals surface area contributed by atoms with E-state index in [4.69, 9.17) is 0 Å². The minimum Gasteiger partial charge on any atom is -0.352 e. The normalized spacial score (nSPS) is 15.5. The van der Waals surface area contributed by atoms with Crippen LogP contribution >= 0.6 is 0 Å². The van der Waals surface area contributed by atoms with Crippen molar-refractivity contribution in [2.45, 2.75) is 19.3 Å². The maximum absolute atomic E-state index is 13.0. The summed E-state index contributed by atoms with van der Waals surface area (Å²) in [6.45, 7) is 4.93. The summed E-state index contributed by atoms with van der Waals surface area (Å²) in [6, 6.07) is 13.8. The van der Waals surface area contributed by atoms with Crippen LogP contribution < -0.4 is 4.90 Å². The maximum Gasteiger partial charge on any atom is 0.230 e. The quantitative estimate of drug-likeness (QED) is 0.676. The third-order valence-corrected chi connectivity index (χ3v) is 5.11. The van der Waals surface area contributed by atoms with Crippen molar-refractivity contribution in [1.82, 2.24) is 29.9 Å². The molecule has 144 valence electrons. The van der Waals surface area contributed by atoms with Crippen LogP contribution in [0.1, 0.15) is 24.8 Å². The summed E-state index contributed by atoms with van der Waals surface area (Å²) in [4.78, 5) is 21.1. The molecule has 8 nitrogen and oxygen atoms in total. The predicted molar refractivity (Wildman–Crippen MR) is 105 cm³/mol. The van der Waals surface area contributed by atoms with E-state index in [0.717, 1.165) is 30.9 Å². The molecule has 0 radical (unpaired) electrons. The summed E-state index contributed by atoms with van der Waals surface area (Å²) < 4.78 is 1.57. The molecule has 1 aliphatic rings. The molecule has 1 atom stereocenters. The molecule has 1 fully saturated rings. The first-order valence-corrected chi connectivity index (χ1v) is 9.53. The van der Waals surface area contributed by atoms with Gasteiger partial charge in [-0.05, 0) is 24.1 Å². The Bertz CT molecular complexity index is 888. The van der Waals surface area contributed by atoms with Crippen molar-refractivity contribution < 1.29 is 4.79 Å². The number of aromatic nitrogens is 5. The monoisotopic (exact) mass is 377 g/mol. The topological polar surface area (TPSA) is 80.0 Å². The van der Waals surface area contributed by atoms with Gasteiger partial charge in [0.05, 0.1) is 5.92 Å². The van der Waals surface area contributed by atoms with Gasteiger partial charge >= 0.3 is 0 Å². The Morgan fingerprint density at radius 3 is 2.32 bits per heavy atom. The maximum atomic E-state index is 13.0. The molecule has 0 N–H and O–H groups in total. The Kier molecular flexibility index (Phi) is 5.27. The van der Waals surface area contributed by atoms with Crippen LogP contribution in [0, 0.1) is 0 Å². The zero-order valence-electron chi connectivity index (χ0n) is 15.8. The van der Waals surface area contributed by atoms with E-state index in [9.17, 15) is 4.79 Å². The van der Waals surface area contributed by atoms with Gasteiger partial charge in [0.1, 0.15) is 12.7 Å². The Morgan fingerprint density at radius 2 is 1.71 bits per heavy atom. The van der Waals surface area contributed by atoms with Crippen LogP contribution in [0.3, 0.4) is 0 Å². The van der Waals surface area contributed by atoms with Crippen LogP contribution in [-0.4, -0.2) is 61.9 Å². The second-order valence-corrected chi connectivity index (χ2v) is 6.77. The number of benzene rings is 1. The number of piperazine rings is 1. The highest BCUT2D eigenvalue weighted by Crippen LogP contribution is 2.23. The zero-order chi connectivity index (χ0) is 19.3. The molecule has 28 heavy (non-hydrogen) atoms. The van der Waals surface area contributed by atoms with E-state index < -0.39 is 0 Å². The molecule has 0 saturated carbocycles. The molecule has 1 aromatic carbocycles. The first-order chi connectivity index (χ1) is 13.8. The van der Waals surface area contributed by atoms with E-state index in [2.05, 4.69) is 32.1 Å². The van der Waals surface area contributed by atoms with Crippen molar-refractivity contribution in [3.8, 4) is 5.82 Å². The third-order valence-electron chi connectivity index (χ3n) is 5.11. The van der Waals surface area contributed by atoms with Crippen molar-refractivity contribution in [2.75, 3.05) is 31.1 Å². The fourth-order valence-corrected chi connectivity index (χ4v) is 3.55. The summed E-state index contributed by atoms with van der Waals surface area (Å²) in [5.41, 5.74) is 1.09. The van der Waals surface area contributed by atoms with Crippen molar-refractivity contribution in [3.63, 3.8) is 0 Å². The van der Waals surface area contributed by atoms with E-state index in [0.29, 0.717) is 18.9 Å². The van der Waals surface area contributed by atoms with E-state index in [-0.39, 0.29) is 11.8 Å². The minimum absolute atomic E-state index is 0.0745. The molecule has 1 unspecified atom stereocenters. The minimum atomic E-state index is -0.0745. The molecule has 2 aromatic heterocycles. The number of rotatable bonds is 5. The summed E-state index contributed by atoms with van der Waals surface area (Å²) in [7, 11) is 0. The van der Waals surface area contributed by atoms with Crippen LogP contribution in [0.2, 0.25) is 0 Å². The van der Waals surface area contributed by atoms with Gasteiger partial charge in [-0.25, -0.2) is 9.67 Å². The fraction of sp³-hybridized carbons (Fsp3) is 0.350. The average Bonchev–Trinajstić information content (AvgIpc) is 3.30. The van der Waals surface area contributed by atoms with Gasteiger partial charge in [-0.2, -0.15) is 5.10 Å². The lowest BCUT2D eigenvalue weighted by Gasteiger charge is -2.36. The molecule has 0 bridgehead atoms. The highest BCUT2D eigenvalue weighted by molar-refractivity contribution is 5.84. The lowest BCUT2D eigenvalue weighted by atomic mass is 9.95. The molecule has 0 aliphatic carbocycles. The molecular formula is C20H23N7O. The Hall–Kier alpha value is -3.29. The van der Waals surface area contributed by atoms with Crippen molar-refractivity contribution >= 4 is 11.7 Å². The second kappa shape index (κ2) is 8.16. The predicted octanol–water partition coefficient (Wildman–Crippen LogP) is 1.90. The number of hydrogen-bond acceptors (Lipinski definition) is 6. The Morgan fingerprint density at radius 1 is 1.00 bits per heavy atom. The smallest absolute Gasteiger partial charge is 0.230 e. The van der Waals surface area contributed by atoms with Gasteiger partial charge in [0.15, 0.2) is 11.6 Å². The molecule has 1 aliphatic heterocycles. The van der Waals surface area contributed by atoms with Crippen LogP contribution in [0.15, 0.2) is 55.1 Å². The van der Waals surface area contributed by atoms with Gasteiger partial charge in [-0.3, -0.25) is 4.79 Å². The standard InChI is InChI=1S/C20H23N7O/c1-2-17(16-6-4-3-5-7-16)20(28)26-12-10-25(11-13-26)18-8-9-19(24-23-18)27-15-21-14-22-27/h3-9,14-15,17H,2,10-13H2,1H3. The van der Waals surface area contributed by atoms with Crippen molar-refractivity contribution in [2.24, 2.45) is 0 Å². The fourth-order valence-electron chi connectivity index (χ4n) is 3.55. The summed E-state index contributed by atoms with van der Waals surface area (Å²) in [5, 5.41) is 12.6. The summed E-state index contributed by atoms with van der Waals surface area (Å²) in [6.07, 6.45) is 3.86. The first-order valence-electron chi connectivity index (χ1n) is 9.53. The number of hydrogen-bond donors (Lipinski definition) is 0. The van der Waals surface area contributed by atoms with E-state index in [1.54, 1.807) is 11.0 Å². The zero-order valence-corrected chi connectivity index (χ0v) is 15.8. The Balaban J connectivity index is 1.38. The number of amides is 1. The molecule has 1 saturated heterocycles. The number of anilines is 1. The van der Waals surface area contributed by atoms with Crippen LogP contribution in [-0.2, 0) is 4.79 Å². The molecular weight excluding hydrogens is 354 g/mol.